The second-order valence-corrected chi connectivity index (χ2v) is 7.64. The molecule has 3 nitrogen and oxygen atoms in total. The molecule has 0 aliphatic heterocycles. The molecular formula is C25H24N2O. The molecular weight excluding hydrogens is 344 g/mol. The standard InChI is InChI=1S/C25H24N2O/c28-17-19-10-4-7-13-21(19)24-15-14-22-23(18-8-2-1-3-9-18)16-27(25(22)26-24)20-11-5-6-12-20/h1-4,7-10,13-16,20,28H,5-6,11-12,17H2. The Balaban J connectivity index is 1.72. The summed E-state index contributed by atoms with van der Waals surface area (Å²) >= 11 is 0. The third kappa shape index (κ3) is 2.92. The van der Waals surface area contributed by atoms with E-state index >= 15 is 0 Å². The molecule has 28 heavy (non-hydrogen) atoms. The Morgan fingerprint density at radius 3 is 2.39 bits per heavy atom. The van der Waals surface area contributed by atoms with Crippen LogP contribution < -0.4 is 0 Å². The lowest BCUT2D eigenvalue weighted by Crippen LogP contribution is -2.04. The average molecular weight is 368 g/mol. The second-order valence-electron chi connectivity index (χ2n) is 7.64. The Morgan fingerprint density at radius 2 is 1.61 bits per heavy atom. The van der Waals surface area contributed by atoms with E-state index in [2.05, 4.69) is 53.2 Å². The van der Waals surface area contributed by atoms with E-state index in [1.807, 2.05) is 24.3 Å². The molecule has 0 unspecified atom stereocenters. The van der Waals surface area contributed by atoms with Crippen molar-refractivity contribution in [3.8, 4) is 22.4 Å². The van der Waals surface area contributed by atoms with Gasteiger partial charge in [0, 0.05) is 28.8 Å². The molecule has 1 saturated carbocycles. The maximum absolute atomic E-state index is 9.74. The molecule has 140 valence electrons. The van der Waals surface area contributed by atoms with Crippen LogP contribution in [-0.4, -0.2) is 14.7 Å². The van der Waals surface area contributed by atoms with Crippen molar-refractivity contribution in [3.05, 3.63) is 78.5 Å². The van der Waals surface area contributed by atoms with Gasteiger partial charge in [-0.3, -0.25) is 0 Å². The summed E-state index contributed by atoms with van der Waals surface area (Å²) in [6, 6.07) is 23.4. The van der Waals surface area contributed by atoms with E-state index in [0.717, 1.165) is 22.5 Å². The molecule has 0 radical (unpaired) electrons. The zero-order valence-corrected chi connectivity index (χ0v) is 15.9. The summed E-state index contributed by atoms with van der Waals surface area (Å²) in [5, 5.41) is 10.9. The fraction of sp³-hybridized carbons (Fsp3) is 0.240. The van der Waals surface area contributed by atoms with Crippen molar-refractivity contribution in [2.24, 2.45) is 0 Å². The number of nitrogens with zero attached hydrogens (tertiary/aromatic N) is 2. The Morgan fingerprint density at radius 1 is 0.857 bits per heavy atom. The first-order valence-corrected chi connectivity index (χ1v) is 10.1. The van der Waals surface area contributed by atoms with Crippen molar-refractivity contribution in [3.63, 3.8) is 0 Å². The van der Waals surface area contributed by atoms with Gasteiger partial charge in [0.15, 0.2) is 0 Å². The first-order chi connectivity index (χ1) is 13.8. The fourth-order valence-corrected chi connectivity index (χ4v) is 4.49. The molecule has 1 aliphatic carbocycles. The Labute approximate surface area is 165 Å². The average Bonchev–Trinajstić information content (AvgIpc) is 3.42. The quantitative estimate of drug-likeness (QED) is 0.481. The Kier molecular flexibility index (Phi) is 4.46. The van der Waals surface area contributed by atoms with Gasteiger partial charge in [-0.2, -0.15) is 0 Å². The molecule has 1 aliphatic rings. The lowest BCUT2D eigenvalue weighted by molar-refractivity contribution is 0.282. The highest BCUT2D eigenvalue weighted by Gasteiger charge is 2.22. The van der Waals surface area contributed by atoms with Gasteiger partial charge in [-0.15, -0.1) is 0 Å². The van der Waals surface area contributed by atoms with E-state index in [9.17, 15) is 5.11 Å². The Bertz CT molecular complexity index is 1110. The minimum absolute atomic E-state index is 0.0226. The molecule has 4 aromatic rings. The van der Waals surface area contributed by atoms with E-state index < -0.39 is 0 Å². The number of aliphatic hydroxyl groups is 1. The third-order valence-electron chi connectivity index (χ3n) is 5.94. The smallest absolute Gasteiger partial charge is 0.141 e. The minimum atomic E-state index is 0.0226. The predicted molar refractivity (Wildman–Crippen MR) is 114 cm³/mol. The molecule has 0 amide bonds. The third-order valence-corrected chi connectivity index (χ3v) is 5.94. The van der Waals surface area contributed by atoms with Crippen molar-refractivity contribution in [1.29, 1.82) is 0 Å². The van der Waals surface area contributed by atoms with Crippen molar-refractivity contribution in [2.45, 2.75) is 38.3 Å². The van der Waals surface area contributed by atoms with Gasteiger partial charge in [0.05, 0.1) is 12.3 Å². The van der Waals surface area contributed by atoms with Gasteiger partial charge in [-0.25, -0.2) is 4.98 Å². The van der Waals surface area contributed by atoms with Crippen LogP contribution >= 0.6 is 0 Å². The number of aromatic nitrogens is 2. The van der Waals surface area contributed by atoms with Crippen LogP contribution in [0.3, 0.4) is 0 Å². The predicted octanol–water partition coefficient (Wildman–Crippen LogP) is 5.98. The van der Waals surface area contributed by atoms with E-state index in [4.69, 9.17) is 4.98 Å². The van der Waals surface area contributed by atoms with Crippen molar-refractivity contribution < 1.29 is 5.11 Å². The fourth-order valence-electron chi connectivity index (χ4n) is 4.49. The molecule has 5 rings (SSSR count). The lowest BCUT2D eigenvalue weighted by Gasteiger charge is -2.13. The first kappa shape index (κ1) is 17.2. The van der Waals surface area contributed by atoms with E-state index in [0.29, 0.717) is 6.04 Å². The molecule has 3 heteroatoms. The Hall–Kier alpha value is -2.91. The van der Waals surface area contributed by atoms with Crippen LogP contribution in [0, 0.1) is 0 Å². The van der Waals surface area contributed by atoms with Gasteiger partial charge in [0.25, 0.3) is 0 Å². The lowest BCUT2D eigenvalue weighted by atomic mass is 10.0. The summed E-state index contributed by atoms with van der Waals surface area (Å²) in [5.74, 6) is 0. The summed E-state index contributed by atoms with van der Waals surface area (Å²) in [6.45, 7) is 0.0226. The first-order valence-electron chi connectivity index (χ1n) is 10.1. The molecule has 0 bridgehead atoms. The number of benzene rings is 2. The van der Waals surface area contributed by atoms with Crippen molar-refractivity contribution in [2.75, 3.05) is 0 Å². The monoisotopic (exact) mass is 368 g/mol. The SMILES string of the molecule is OCc1ccccc1-c1ccc2c(-c3ccccc3)cn(C3CCCC3)c2n1. The van der Waals surface area contributed by atoms with Crippen molar-refractivity contribution >= 4 is 11.0 Å². The summed E-state index contributed by atoms with van der Waals surface area (Å²) in [5.41, 5.74) is 6.38. The molecule has 1 N–H and O–H groups in total. The highest BCUT2D eigenvalue weighted by atomic mass is 16.3. The van der Waals surface area contributed by atoms with Crippen molar-refractivity contribution in [1.82, 2.24) is 9.55 Å². The highest BCUT2D eigenvalue weighted by Crippen LogP contribution is 2.38. The minimum Gasteiger partial charge on any atom is -0.392 e. The molecule has 2 aromatic carbocycles. The number of aliphatic hydroxyl groups excluding tert-OH is 1. The largest absolute Gasteiger partial charge is 0.392 e. The summed E-state index contributed by atoms with van der Waals surface area (Å²) < 4.78 is 2.40. The van der Waals surface area contributed by atoms with Gasteiger partial charge in [-0.1, -0.05) is 67.4 Å². The van der Waals surface area contributed by atoms with Gasteiger partial charge in [0.1, 0.15) is 5.65 Å². The second kappa shape index (κ2) is 7.25. The topological polar surface area (TPSA) is 38.0 Å². The van der Waals surface area contributed by atoms with Gasteiger partial charge in [-0.05, 0) is 36.1 Å². The van der Waals surface area contributed by atoms with E-state index in [1.54, 1.807) is 0 Å². The maximum atomic E-state index is 9.74. The number of hydrogen-bond donors (Lipinski definition) is 1. The van der Waals surface area contributed by atoms with Crippen LogP contribution in [0.15, 0.2) is 72.9 Å². The summed E-state index contributed by atoms with van der Waals surface area (Å²) in [7, 11) is 0. The molecule has 0 spiro atoms. The number of hydrogen-bond acceptors (Lipinski definition) is 2. The van der Waals surface area contributed by atoms with Crippen LogP contribution in [0.2, 0.25) is 0 Å². The van der Waals surface area contributed by atoms with Gasteiger partial charge in [0.2, 0.25) is 0 Å². The molecule has 0 saturated heterocycles. The van der Waals surface area contributed by atoms with Gasteiger partial charge < -0.3 is 9.67 Å². The maximum Gasteiger partial charge on any atom is 0.141 e. The molecule has 2 heterocycles. The summed E-state index contributed by atoms with van der Waals surface area (Å²) in [6.07, 6.45) is 7.31. The molecule has 0 atom stereocenters. The zero-order chi connectivity index (χ0) is 18.9. The number of rotatable bonds is 4. The van der Waals surface area contributed by atoms with Crippen LogP contribution in [0.4, 0.5) is 0 Å². The van der Waals surface area contributed by atoms with Crippen LogP contribution in [-0.2, 0) is 6.61 Å². The normalized spacial score (nSPS) is 14.8. The van der Waals surface area contributed by atoms with Gasteiger partial charge >= 0.3 is 0 Å². The zero-order valence-electron chi connectivity index (χ0n) is 15.9. The van der Waals surface area contributed by atoms with Crippen LogP contribution in [0.5, 0.6) is 0 Å². The number of pyridine rings is 1. The van der Waals surface area contributed by atoms with E-state index in [-0.39, 0.29) is 6.61 Å². The summed E-state index contributed by atoms with van der Waals surface area (Å²) in [4.78, 5) is 5.10. The van der Waals surface area contributed by atoms with E-state index in [1.165, 1.54) is 42.2 Å². The van der Waals surface area contributed by atoms with Crippen LogP contribution in [0.1, 0.15) is 37.3 Å². The molecule has 1 fully saturated rings. The highest BCUT2D eigenvalue weighted by molar-refractivity contribution is 5.95. The number of fused-ring (bicyclic) bond motifs is 1. The molecule has 2 aromatic heterocycles. The van der Waals surface area contributed by atoms with Crippen LogP contribution in [0.25, 0.3) is 33.4 Å².